The van der Waals surface area contributed by atoms with E-state index < -0.39 is 0 Å². The van der Waals surface area contributed by atoms with Gasteiger partial charge in [0, 0.05) is 22.0 Å². The second kappa shape index (κ2) is 6.30. The van der Waals surface area contributed by atoms with E-state index in [2.05, 4.69) is 35.1 Å². The van der Waals surface area contributed by atoms with Crippen LogP contribution in [0.3, 0.4) is 0 Å². The summed E-state index contributed by atoms with van der Waals surface area (Å²) in [6.07, 6.45) is 0.263. The average molecular weight is 365 g/mol. The summed E-state index contributed by atoms with van der Waals surface area (Å²) in [7, 11) is 1.85. The third kappa shape index (κ3) is 2.76. The molecule has 112 valence electrons. The Morgan fingerprint density at radius 1 is 1.30 bits per heavy atom. The lowest BCUT2D eigenvalue weighted by Gasteiger charge is -2.29. The average Bonchev–Trinajstić information content (AvgIpc) is 2.65. The molecule has 1 saturated heterocycles. The van der Waals surface area contributed by atoms with Crippen molar-refractivity contribution in [1.82, 2.24) is 5.32 Å². The number of hydrogen-bond donors (Lipinski definition) is 1. The van der Waals surface area contributed by atoms with E-state index >= 15 is 0 Å². The SMILES string of the molecule is CNC(c1ccc(Br)c(Cl)c1F)C1C(C)OC(C)C1C. The molecule has 5 heteroatoms. The molecule has 1 heterocycles. The van der Waals surface area contributed by atoms with Gasteiger partial charge in [-0.2, -0.15) is 0 Å². The number of rotatable bonds is 3. The fraction of sp³-hybridized carbons (Fsp3) is 0.600. The van der Waals surface area contributed by atoms with Gasteiger partial charge < -0.3 is 10.1 Å². The van der Waals surface area contributed by atoms with E-state index in [1.54, 1.807) is 12.1 Å². The first-order chi connectivity index (χ1) is 9.38. The van der Waals surface area contributed by atoms with Crippen LogP contribution in [0.5, 0.6) is 0 Å². The lowest BCUT2D eigenvalue weighted by atomic mass is 9.80. The van der Waals surface area contributed by atoms with Crippen molar-refractivity contribution in [3.8, 4) is 0 Å². The Morgan fingerprint density at radius 3 is 2.45 bits per heavy atom. The van der Waals surface area contributed by atoms with Gasteiger partial charge in [0.1, 0.15) is 5.82 Å². The number of ether oxygens (including phenoxy) is 1. The van der Waals surface area contributed by atoms with Crippen LogP contribution in [0.4, 0.5) is 4.39 Å². The maximum Gasteiger partial charge on any atom is 0.147 e. The summed E-state index contributed by atoms with van der Waals surface area (Å²) in [4.78, 5) is 0. The van der Waals surface area contributed by atoms with Gasteiger partial charge in [0.15, 0.2) is 0 Å². The molecule has 0 saturated carbocycles. The summed E-state index contributed by atoms with van der Waals surface area (Å²) in [6.45, 7) is 6.27. The van der Waals surface area contributed by atoms with E-state index in [0.717, 1.165) is 0 Å². The van der Waals surface area contributed by atoms with Gasteiger partial charge in [-0.3, -0.25) is 0 Å². The maximum absolute atomic E-state index is 14.5. The Morgan fingerprint density at radius 2 is 1.95 bits per heavy atom. The largest absolute Gasteiger partial charge is 0.375 e. The standard InChI is InChI=1S/C15H20BrClFNO/c1-7-8(2)20-9(3)12(7)15(19-4)10-5-6-11(16)13(17)14(10)18/h5-9,12,15,19H,1-4H3. The molecule has 1 fully saturated rings. The van der Waals surface area contributed by atoms with Crippen molar-refractivity contribution in [2.45, 2.75) is 39.0 Å². The molecular formula is C15H20BrClFNO. The predicted molar refractivity (Wildman–Crippen MR) is 83.6 cm³/mol. The first-order valence-corrected chi connectivity index (χ1v) is 8.01. The van der Waals surface area contributed by atoms with Crippen LogP contribution in [0.2, 0.25) is 5.02 Å². The Kier molecular flexibility index (Phi) is 5.11. The lowest BCUT2D eigenvalue weighted by molar-refractivity contribution is 0.0477. The van der Waals surface area contributed by atoms with Crippen molar-refractivity contribution in [3.05, 3.63) is 33.0 Å². The number of halogens is 3. The van der Waals surface area contributed by atoms with Crippen molar-refractivity contribution >= 4 is 27.5 Å². The van der Waals surface area contributed by atoms with Gasteiger partial charge in [-0.25, -0.2) is 4.39 Å². The van der Waals surface area contributed by atoms with Crippen molar-refractivity contribution in [1.29, 1.82) is 0 Å². The fourth-order valence-corrected chi connectivity index (χ4v) is 3.68. The maximum atomic E-state index is 14.5. The highest BCUT2D eigenvalue weighted by atomic mass is 79.9. The first-order valence-electron chi connectivity index (χ1n) is 6.84. The van der Waals surface area contributed by atoms with Crippen LogP contribution in [0, 0.1) is 17.7 Å². The zero-order valence-electron chi connectivity index (χ0n) is 12.1. The van der Waals surface area contributed by atoms with E-state index in [4.69, 9.17) is 16.3 Å². The van der Waals surface area contributed by atoms with Crippen LogP contribution in [0.25, 0.3) is 0 Å². The molecule has 2 nitrogen and oxygen atoms in total. The molecule has 5 atom stereocenters. The van der Waals surface area contributed by atoms with Gasteiger partial charge in [0.25, 0.3) is 0 Å². The monoisotopic (exact) mass is 363 g/mol. The highest BCUT2D eigenvalue weighted by Gasteiger charge is 2.42. The van der Waals surface area contributed by atoms with Crippen LogP contribution in [-0.2, 0) is 4.74 Å². The Hall–Kier alpha value is -0.160. The molecule has 1 N–H and O–H groups in total. The van der Waals surface area contributed by atoms with Gasteiger partial charge in [-0.15, -0.1) is 0 Å². The topological polar surface area (TPSA) is 21.3 Å². The highest BCUT2D eigenvalue weighted by molar-refractivity contribution is 9.10. The molecule has 2 rings (SSSR count). The molecule has 5 unspecified atom stereocenters. The van der Waals surface area contributed by atoms with Crippen LogP contribution >= 0.6 is 27.5 Å². The zero-order valence-corrected chi connectivity index (χ0v) is 14.4. The normalized spacial score (nSPS) is 31.6. The number of benzene rings is 1. The summed E-state index contributed by atoms with van der Waals surface area (Å²) < 4.78 is 20.9. The quantitative estimate of drug-likeness (QED) is 0.794. The molecule has 1 aromatic rings. The summed E-state index contributed by atoms with van der Waals surface area (Å²) in [5, 5.41) is 3.37. The van der Waals surface area contributed by atoms with Crippen LogP contribution in [-0.4, -0.2) is 19.3 Å². The van der Waals surface area contributed by atoms with Crippen molar-refractivity contribution in [2.75, 3.05) is 7.05 Å². The molecule has 0 aromatic heterocycles. The lowest BCUT2D eigenvalue weighted by Crippen LogP contribution is -2.33. The molecule has 0 amide bonds. The van der Waals surface area contributed by atoms with Crippen LogP contribution in [0.1, 0.15) is 32.4 Å². The van der Waals surface area contributed by atoms with Crippen molar-refractivity contribution in [3.63, 3.8) is 0 Å². The van der Waals surface area contributed by atoms with E-state index in [0.29, 0.717) is 16.0 Å². The van der Waals surface area contributed by atoms with E-state index in [1.165, 1.54) is 0 Å². The van der Waals surface area contributed by atoms with Gasteiger partial charge in [0.2, 0.25) is 0 Å². The van der Waals surface area contributed by atoms with Crippen molar-refractivity contribution in [2.24, 2.45) is 11.8 Å². The molecule has 20 heavy (non-hydrogen) atoms. The van der Waals surface area contributed by atoms with Gasteiger partial charge in [-0.05, 0) is 48.8 Å². The van der Waals surface area contributed by atoms with Crippen LogP contribution < -0.4 is 5.32 Å². The van der Waals surface area contributed by atoms with E-state index in [1.807, 2.05) is 14.0 Å². The smallest absolute Gasteiger partial charge is 0.147 e. The minimum Gasteiger partial charge on any atom is -0.375 e. The molecule has 1 aliphatic heterocycles. The van der Waals surface area contributed by atoms with E-state index in [9.17, 15) is 4.39 Å². The molecule has 0 radical (unpaired) electrons. The summed E-state index contributed by atoms with van der Waals surface area (Å²) >= 11 is 9.26. The first kappa shape index (κ1) is 16.2. The second-order valence-corrected chi connectivity index (χ2v) is 6.75. The molecule has 1 aromatic carbocycles. The second-order valence-electron chi connectivity index (χ2n) is 5.51. The van der Waals surface area contributed by atoms with Gasteiger partial charge >= 0.3 is 0 Å². The third-order valence-electron chi connectivity index (χ3n) is 4.41. The van der Waals surface area contributed by atoms with Crippen molar-refractivity contribution < 1.29 is 9.13 Å². The molecular weight excluding hydrogens is 345 g/mol. The Bertz CT molecular complexity index is 499. The van der Waals surface area contributed by atoms with Gasteiger partial charge in [0.05, 0.1) is 17.2 Å². The molecule has 1 aliphatic rings. The minimum absolute atomic E-state index is 0.0827. The molecule has 0 spiro atoms. The summed E-state index contributed by atoms with van der Waals surface area (Å²) in [6, 6.07) is 3.46. The third-order valence-corrected chi connectivity index (χ3v) is 5.67. The number of nitrogens with one attached hydrogen (secondary N) is 1. The minimum atomic E-state index is -0.362. The summed E-state index contributed by atoms with van der Waals surface area (Å²) in [5.41, 5.74) is 0.599. The predicted octanol–water partition coefficient (Wildman–Crippen LogP) is 4.56. The fourth-order valence-electron chi connectivity index (χ4n) is 3.20. The highest BCUT2D eigenvalue weighted by Crippen LogP contribution is 2.42. The molecule has 0 aliphatic carbocycles. The Balaban J connectivity index is 2.41. The zero-order chi connectivity index (χ0) is 15.0. The van der Waals surface area contributed by atoms with Crippen LogP contribution in [0.15, 0.2) is 16.6 Å². The molecule has 0 bridgehead atoms. The summed E-state index contributed by atoms with van der Waals surface area (Å²) in [5.74, 6) is 0.199. The Labute approximate surface area is 133 Å². The van der Waals surface area contributed by atoms with E-state index in [-0.39, 0.29) is 35.0 Å². The number of hydrogen-bond acceptors (Lipinski definition) is 2. The van der Waals surface area contributed by atoms with Gasteiger partial charge in [-0.1, -0.05) is 24.6 Å².